The number of H-pyrrole nitrogens is 1. The zero-order valence-electron chi connectivity index (χ0n) is 8.74. The van der Waals surface area contributed by atoms with Crippen LogP contribution in [0, 0.1) is 0 Å². The number of nitrogens with one attached hydrogen (secondary N) is 2. The van der Waals surface area contributed by atoms with Gasteiger partial charge < -0.3 is 4.98 Å². The molecule has 0 spiro atoms. The van der Waals surface area contributed by atoms with Crippen molar-refractivity contribution in [1.82, 2.24) is 19.9 Å². The van der Waals surface area contributed by atoms with Crippen LogP contribution in [0.15, 0.2) is 6.33 Å². The second-order valence-corrected chi connectivity index (χ2v) is 3.15. The van der Waals surface area contributed by atoms with Gasteiger partial charge in [0.15, 0.2) is 11.5 Å². The van der Waals surface area contributed by atoms with Gasteiger partial charge in [-0.3, -0.25) is 4.84 Å². The molecule has 0 aliphatic rings. The highest BCUT2D eigenvalue weighted by atomic mass is 16.6. The Balaban J connectivity index is 2.48. The van der Waals surface area contributed by atoms with Gasteiger partial charge in [-0.2, -0.15) is 0 Å². The fourth-order valence-corrected chi connectivity index (χ4v) is 1.38. The van der Waals surface area contributed by atoms with Crippen LogP contribution in [0.1, 0.15) is 19.2 Å². The summed E-state index contributed by atoms with van der Waals surface area (Å²) in [5.41, 5.74) is 4.13. The topological polar surface area (TPSA) is 75.7 Å². The van der Waals surface area contributed by atoms with Gasteiger partial charge in [0.05, 0.1) is 13.4 Å². The molecule has 2 aromatic heterocycles. The van der Waals surface area contributed by atoms with Crippen molar-refractivity contribution >= 4 is 17.0 Å². The molecule has 2 aromatic rings. The summed E-state index contributed by atoms with van der Waals surface area (Å²) in [4.78, 5) is 20.6. The standard InChI is InChI=1S/C9H13N5O/c1-3-4-6-12-8-7(10-5-11-8)9(13-6)14-15-2/h5H,3-4H2,1-2H3,(H2,10,11,12,13,14). The van der Waals surface area contributed by atoms with Gasteiger partial charge in [0.1, 0.15) is 11.3 Å². The Morgan fingerprint density at radius 3 is 3.07 bits per heavy atom. The first-order valence-electron chi connectivity index (χ1n) is 4.84. The highest BCUT2D eigenvalue weighted by Crippen LogP contribution is 2.16. The Morgan fingerprint density at radius 2 is 2.33 bits per heavy atom. The Morgan fingerprint density at radius 1 is 1.47 bits per heavy atom. The predicted molar refractivity (Wildman–Crippen MR) is 56.3 cm³/mol. The molecule has 0 unspecified atom stereocenters. The zero-order valence-corrected chi connectivity index (χ0v) is 8.74. The second-order valence-electron chi connectivity index (χ2n) is 3.15. The van der Waals surface area contributed by atoms with Gasteiger partial charge in [-0.1, -0.05) is 6.92 Å². The van der Waals surface area contributed by atoms with Crippen LogP contribution in [0.5, 0.6) is 0 Å². The molecule has 0 radical (unpaired) electrons. The maximum Gasteiger partial charge on any atom is 0.183 e. The van der Waals surface area contributed by atoms with Gasteiger partial charge in [0.25, 0.3) is 0 Å². The normalized spacial score (nSPS) is 10.8. The highest BCUT2D eigenvalue weighted by molar-refractivity contribution is 5.81. The molecule has 0 amide bonds. The van der Waals surface area contributed by atoms with E-state index < -0.39 is 0 Å². The molecular weight excluding hydrogens is 194 g/mol. The molecule has 15 heavy (non-hydrogen) atoms. The number of anilines is 1. The maximum absolute atomic E-state index is 4.85. The van der Waals surface area contributed by atoms with E-state index in [1.165, 1.54) is 0 Å². The molecule has 0 saturated heterocycles. The number of aryl methyl sites for hydroxylation is 1. The molecule has 2 rings (SSSR count). The minimum Gasteiger partial charge on any atom is -0.340 e. The van der Waals surface area contributed by atoms with Crippen LogP contribution in [0.3, 0.4) is 0 Å². The number of imidazole rings is 1. The number of hydrogen-bond acceptors (Lipinski definition) is 5. The molecular formula is C9H13N5O. The smallest absolute Gasteiger partial charge is 0.183 e. The van der Waals surface area contributed by atoms with E-state index in [4.69, 9.17) is 4.84 Å². The van der Waals surface area contributed by atoms with Crippen LogP contribution in [0.25, 0.3) is 11.2 Å². The Labute approximate surface area is 87.1 Å². The maximum atomic E-state index is 4.85. The third-order valence-electron chi connectivity index (χ3n) is 2.00. The average Bonchev–Trinajstić information content (AvgIpc) is 2.67. The number of aromatic nitrogens is 4. The van der Waals surface area contributed by atoms with Crippen molar-refractivity contribution in [3.05, 3.63) is 12.2 Å². The summed E-state index contributed by atoms with van der Waals surface area (Å²) in [5, 5.41) is 0. The van der Waals surface area contributed by atoms with Crippen LogP contribution in [0.4, 0.5) is 5.82 Å². The van der Waals surface area contributed by atoms with Gasteiger partial charge in [-0.15, -0.1) is 0 Å². The van der Waals surface area contributed by atoms with Crippen LogP contribution < -0.4 is 5.48 Å². The molecule has 0 atom stereocenters. The predicted octanol–water partition coefficient (Wildman–Crippen LogP) is 1.28. The van der Waals surface area contributed by atoms with Crippen molar-refractivity contribution in [2.75, 3.05) is 12.6 Å². The molecule has 2 N–H and O–H groups in total. The van der Waals surface area contributed by atoms with E-state index in [9.17, 15) is 0 Å². The molecule has 6 heteroatoms. The molecule has 0 aromatic carbocycles. The van der Waals surface area contributed by atoms with Crippen molar-refractivity contribution in [2.24, 2.45) is 0 Å². The van der Waals surface area contributed by atoms with E-state index in [0.29, 0.717) is 11.5 Å². The molecule has 0 aliphatic heterocycles. The van der Waals surface area contributed by atoms with Crippen molar-refractivity contribution in [1.29, 1.82) is 0 Å². The van der Waals surface area contributed by atoms with E-state index in [-0.39, 0.29) is 0 Å². The first-order valence-corrected chi connectivity index (χ1v) is 4.84. The van der Waals surface area contributed by atoms with Gasteiger partial charge in [0, 0.05) is 6.42 Å². The van der Waals surface area contributed by atoms with Gasteiger partial charge >= 0.3 is 0 Å². The van der Waals surface area contributed by atoms with Gasteiger partial charge in [-0.25, -0.2) is 20.4 Å². The van der Waals surface area contributed by atoms with Gasteiger partial charge in [0.2, 0.25) is 0 Å². The summed E-state index contributed by atoms with van der Waals surface area (Å²) >= 11 is 0. The SMILES string of the molecule is CCCc1nc(NOC)c2[nH]cnc2n1. The minimum atomic E-state index is 0.628. The third-order valence-corrected chi connectivity index (χ3v) is 2.00. The zero-order chi connectivity index (χ0) is 10.7. The largest absolute Gasteiger partial charge is 0.340 e. The average molecular weight is 207 g/mol. The summed E-state index contributed by atoms with van der Waals surface area (Å²) in [6, 6.07) is 0. The van der Waals surface area contributed by atoms with Crippen LogP contribution >= 0.6 is 0 Å². The molecule has 0 fully saturated rings. The molecule has 0 aliphatic carbocycles. The molecule has 80 valence electrons. The molecule has 6 nitrogen and oxygen atoms in total. The number of nitrogens with zero attached hydrogens (tertiary/aromatic N) is 3. The summed E-state index contributed by atoms with van der Waals surface area (Å²) < 4.78 is 0. The van der Waals surface area contributed by atoms with E-state index in [2.05, 4.69) is 32.3 Å². The van der Waals surface area contributed by atoms with E-state index in [1.807, 2.05) is 0 Å². The van der Waals surface area contributed by atoms with E-state index in [1.54, 1.807) is 13.4 Å². The van der Waals surface area contributed by atoms with Crippen LogP contribution in [0.2, 0.25) is 0 Å². The Hall–Kier alpha value is -1.69. The van der Waals surface area contributed by atoms with Crippen molar-refractivity contribution in [3.63, 3.8) is 0 Å². The van der Waals surface area contributed by atoms with E-state index in [0.717, 1.165) is 24.2 Å². The lowest BCUT2D eigenvalue weighted by atomic mass is 10.3. The fraction of sp³-hybridized carbons (Fsp3) is 0.444. The van der Waals surface area contributed by atoms with Crippen molar-refractivity contribution in [3.8, 4) is 0 Å². The van der Waals surface area contributed by atoms with E-state index >= 15 is 0 Å². The minimum absolute atomic E-state index is 0.628. The highest BCUT2D eigenvalue weighted by Gasteiger charge is 2.08. The third kappa shape index (κ3) is 1.89. The number of rotatable bonds is 4. The summed E-state index contributed by atoms with van der Waals surface area (Å²) in [6.07, 6.45) is 3.43. The molecule has 0 saturated carbocycles. The Bertz CT molecular complexity index is 453. The first kappa shape index (κ1) is 9.85. The number of aromatic amines is 1. The summed E-state index contributed by atoms with van der Waals surface area (Å²) in [7, 11) is 1.55. The molecule has 2 heterocycles. The van der Waals surface area contributed by atoms with Crippen molar-refractivity contribution < 1.29 is 4.84 Å². The number of fused-ring (bicyclic) bond motifs is 1. The number of hydrogen-bond donors (Lipinski definition) is 2. The molecule has 0 bridgehead atoms. The van der Waals surface area contributed by atoms with Crippen molar-refractivity contribution in [2.45, 2.75) is 19.8 Å². The second kappa shape index (κ2) is 4.22. The monoisotopic (exact) mass is 207 g/mol. The first-order chi connectivity index (χ1) is 7.35. The van der Waals surface area contributed by atoms with Gasteiger partial charge in [-0.05, 0) is 6.42 Å². The fourth-order valence-electron chi connectivity index (χ4n) is 1.38. The Kier molecular flexibility index (Phi) is 2.77. The summed E-state index contributed by atoms with van der Waals surface area (Å²) in [6.45, 7) is 2.08. The quantitative estimate of drug-likeness (QED) is 0.738. The lowest BCUT2D eigenvalue weighted by molar-refractivity contribution is 0.269. The summed E-state index contributed by atoms with van der Waals surface area (Å²) in [5.74, 6) is 1.40. The lowest BCUT2D eigenvalue weighted by Gasteiger charge is -2.04. The van der Waals surface area contributed by atoms with Crippen LogP contribution in [-0.4, -0.2) is 27.0 Å². The van der Waals surface area contributed by atoms with Crippen LogP contribution in [-0.2, 0) is 11.3 Å². The lowest BCUT2D eigenvalue weighted by Crippen LogP contribution is -2.04.